The number of imidazole rings is 1. The summed E-state index contributed by atoms with van der Waals surface area (Å²) in [5.74, 6) is 1.67. The predicted octanol–water partition coefficient (Wildman–Crippen LogP) is 4.50. The monoisotopic (exact) mass is 351 g/mol. The summed E-state index contributed by atoms with van der Waals surface area (Å²) in [5.41, 5.74) is 3.32. The van der Waals surface area contributed by atoms with Crippen LogP contribution < -0.4 is 0 Å². The Morgan fingerprint density at radius 3 is 2.50 bits per heavy atom. The van der Waals surface area contributed by atoms with Crippen molar-refractivity contribution in [2.75, 3.05) is 19.6 Å². The van der Waals surface area contributed by atoms with Gasteiger partial charge in [0.1, 0.15) is 11.6 Å². The molecule has 0 saturated carbocycles. The number of aromatic nitrogens is 2. The molecule has 3 nitrogen and oxygen atoms in total. The van der Waals surface area contributed by atoms with Gasteiger partial charge in [-0.1, -0.05) is 31.2 Å². The van der Waals surface area contributed by atoms with Gasteiger partial charge in [0.05, 0.1) is 11.0 Å². The minimum atomic E-state index is -0.188. The molecule has 0 N–H and O–H groups in total. The first-order chi connectivity index (χ1) is 12.7. The van der Waals surface area contributed by atoms with Crippen LogP contribution in [0.2, 0.25) is 0 Å². The normalized spacial score (nSPS) is 16.4. The molecule has 26 heavy (non-hydrogen) atoms. The van der Waals surface area contributed by atoms with Crippen molar-refractivity contribution in [2.24, 2.45) is 5.92 Å². The van der Waals surface area contributed by atoms with Crippen molar-refractivity contribution >= 4 is 11.0 Å². The van der Waals surface area contributed by atoms with E-state index in [1.165, 1.54) is 38.1 Å². The van der Waals surface area contributed by atoms with Gasteiger partial charge < -0.3 is 9.47 Å². The van der Waals surface area contributed by atoms with Crippen LogP contribution in [0.1, 0.15) is 31.2 Å². The fourth-order valence-electron chi connectivity index (χ4n) is 4.00. The Balaban J connectivity index is 1.60. The van der Waals surface area contributed by atoms with Crippen LogP contribution in [0.4, 0.5) is 4.39 Å². The highest BCUT2D eigenvalue weighted by atomic mass is 19.1. The van der Waals surface area contributed by atoms with Crippen molar-refractivity contribution in [3.05, 3.63) is 65.7 Å². The molecule has 4 rings (SSSR count). The second-order valence-corrected chi connectivity index (χ2v) is 7.31. The molecule has 0 spiro atoms. The molecule has 0 bridgehead atoms. The quantitative estimate of drug-likeness (QED) is 0.675. The summed E-state index contributed by atoms with van der Waals surface area (Å²) in [6.07, 6.45) is 3.51. The van der Waals surface area contributed by atoms with Gasteiger partial charge in [0.25, 0.3) is 0 Å². The summed E-state index contributed by atoms with van der Waals surface area (Å²) in [5, 5.41) is 0. The number of piperidine rings is 1. The van der Waals surface area contributed by atoms with Crippen molar-refractivity contribution in [1.82, 2.24) is 14.5 Å². The van der Waals surface area contributed by atoms with Crippen molar-refractivity contribution in [3.63, 3.8) is 0 Å². The molecule has 0 aliphatic carbocycles. The van der Waals surface area contributed by atoms with Crippen molar-refractivity contribution in [1.29, 1.82) is 0 Å². The predicted molar refractivity (Wildman–Crippen MR) is 104 cm³/mol. The SMILES string of the molecule is CCN1CCC(Cc2nc3ccccc3n2Cc2ccc(F)cc2)CC1. The maximum Gasteiger partial charge on any atom is 0.123 e. The highest BCUT2D eigenvalue weighted by molar-refractivity contribution is 5.76. The second-order valence-electron chi connectivity index (χ2n) is 7.31. The van der Waals surface area contributed by atoms with Crippen LogP contribution in [0, 0.1) is 11.7 Å². The van der Waals surface area contributed by atoms with E-state index < -0.39 is 0 Å². The smallest absolute Gasteiger partial charge is 0.123 e. The summed E-state index contributed by atoms with van der Waals surface area (Å²) in [4.78, 5) is 7.46. The van der Waals surface area contributed by atoms with Crippen molar-refractivity contribution in [2.45, 2.75) is 32.7 Å². The van der Waals surface area contributed by atoms with Crippen molar-refractivity contribution < 1.29 is 4.39 Å². The van der Waals surface area contributed by atoms with Crippen molar-refractivity contribution in [3.8, 4) is 0 Å². The molecule has 2 aromatic carbocycles. The van der Waals surface area contributed by atoms with Gasteiger partial charge in [0.15, 0.2) is 0 Å². The van der Waals surface area contributed by atoms with Crippen LogP contribution in [-0.4, -0.2) is 34.1 Å². The van der Waals surface area contributed by atoms with E-state index in [-0.39, 0.29) is 5.82 Å². The summed E-state index contributed by atoms with van der Waals surface area (Å²) in [6.45, 7) is 6.51. The maximum absolute atomic E-state index is 13.2. The number of rotatable bonds is 5. The summed E-state index contributed by atoms with van der Waals surface area (Å²) in [6, 6.07) is 15.1. The van der Waals surface area contributed by atoms with E-state index in [0.717, 1.165) is 41.9 Å². The molecule has 136 valence electrons. The molecule has 3 aromatic rings. The summed E-state index contributed by atoms with van der Waals surface area (Å²) >= 11 is 0. The average Bonchev–Trinajstić information content (AvgIpc) is 3.01. The van der Waals surface area contributed by atoms with E-state index in [4.69, 9.17) is 4.98 Å². The van der Waals surface area contributed by atoms with Crippen LogP contribution in [0.3, 0.4) is 0 Å². The minimum absolute atomic E-state index is 0.188. The lowest BCUT2D eigenvalue weighted by atomic mass is 9.93. The van der Waals surface area contributed by atoms with Crippen LogP contribution in [-0.2, 0) is 13.0 Å². The Kier molecular flexibility index (Phi) is 5.02. The zero-order chi connectivity index (χ0) is 17.9. The fraction of sp³-hybridized carbons (Fsp3) is 0.409. The third-order valence-corrected chi connectivity index (χ3v) is 5.61. The number of benzene rings is 2. The Bertz CT molecular complexity index is 861. The number of nitrogens with zero attached hydrogens (tertiary/aromatic N) is 3. The van der Waals surface area contributed by atoms with Crippen LogP contribution >= 0.6 is 0 Å². The van der Waals surface area contributed by atoms with E-state index in [2.05, 4.69) is 34.6 Å². The molecule has 0 radical (unpaired) electrons. The van der Waals surface area contributed by atoms with Crippen LogP contribution in [0.5, 0.6) is 0 Å². The van der Waals surface area contributed by atoms with Gasteiger partial charge in [-0.3, -0.25) is 0 Å². The molecule has 4 heteroatoms. The first-order valence-corrected chi connectivity index (χ1v) is 9.64. The lowest BCUT2D eigenvalue weighted by Gasteiger charge is -2.30. The lowest BCUT2D eigenvalue weighted by molar-refractivity contribution is 0.190. The maximum atomic E-state index is 13.2. The van der Waals surface area contributed by atoms with Gasteiger partial charge in [0.2, 0.25) is 0 Å². The third-order valence-electron chi connectivity index (χ3n) is 5.61. The largest absolute Gasteiger partial charge is 0.323 e. The molecular formula is C22H26FN3. The zero-order valence-electron chi connectivity index (χ0n) is 15.4. The van der Waals surface area contributed by atoms with Gasteiger partial charge in [-0.15, -0.1) is 0 Å². The van der Waals surface area contributed by atoms with Gasteiger partial charge in [0, 0.05) is 13.0 Å². The fourth-order valence-corrected chi connectivity index (χ4v) is 4.00. The molecule has 1 aliphatic heterocycles. The van der Waals surface area contributed by atoms with E-state index in [1.54, 1.807) is 0 Å². The zero-order valence-corrected chi connectivity index (χ0v) is 15.4. The molecule has 2 heterocycles. The first-order valence-electron chi connectivity index (χ1n) is 9.64. The minimum Gasteiger partial charge on any atom is -0.323 e. The van der Waals surface area contributed by atoms with Crippen LogP contribution in [0.15, 0.2) is 48.5 Å². The number of para-hydroxylation sites is 2. The van der Waals surface area contributed by atoms with E-state index in [9.17, 15) is 4.39 Å². The molecular weight excluding hydrogens is 325 g/mol. The first kappa shape index (κ1) is 17.2. The van der Waals surface area contributed by atoms with E-state index >= 15 is 0 Å². The van der Waals surface area contributed by atoms with E-state index in [0.29, 0.717) is 5.92 Å². The van der Waals surface area contributed by atoms with Gasteiger partial charge in [-0.25, -0.2) is 9.37 Å². The number of fused-ring (bicyclic) bond motifs is 1. The van der Waals surface area contributed by atoms with Gasteiger partial charge >= 0.3 is 0 Å². The van der Waals surface area contributed by atoms with Gasteiger partial charge in [-0.2, -0.15) is 0 Å². The third kappa shape index (κ3) is 3.65. The lowest BCUT2D eigenvalue weighted by Crippen LogP contribution is -2.34. The molecule has 0 atom stereocenters. The van der Waals surface area contributed by atoms with Gasteiger partial charge in [-0.05, 0) is 68.2 Å². The molecule has 0 amide bonds. The topological polar surface area (TPSA) is 21.1 Å². The molecule has 1 saturated heterocycles. The number of hydrogen-bond acceptors (Lipinski definition) is 2. The summed E-state index contributed by atoms with van der Waals surface area (Å²) < 4.78 is 15.6. The Hall–Kier alpha value is -2.20. The highest BCUT2D eigenvalue weighted by Gasteiger charge is 2.21. The summed E-state index contributed by atoms with van der Waals surface area (Å²) in [7, 11) is 0. The second kappa shape index (κ2) is 7.58. The highest BCUT2D eigenvalue weighted by Crippen LogP contribution is 2.25. The molecule has 1 fully saturated rings. The Morgan fingerprint density at radius 1 is 1.04 bits per heavy atom. The molecule has 0 unspecified atom stereocenters. The van der Waals surface area contributed by atoms with E-state index in [1.807, 2.05) is 18.2 Å². The number of likely N-dealkylation sites (tertiary alicyclic amines) is 1. The standard InChI is InChI=1S/C22H26FN3/c1-2-25-13-11-17(12-14-25)15-22-24-20-5-3-4-6-21(20)26(22)16-18-7-9-19(23)10-8-18/h3-10,17H,2,11-16H2,1H3. The van der Waals surface area contributed by atoms with Crippen LogP contribution in [0.25, 0.3) is 11.0 Å². The Morgan fingerprint density at radius 2 is 1.77 bits per heavy atom. The Labute approximate surface area is 154 Å². The molecule has 1 aliphatic rings. The molecule has 1 aromatic heterocycles. The number of hydrogen-bond donors (Lipinski definition) is 0. The number of halogens is 1. The average molecular weight is 351 g/mol.